The van der Waals surface area contributed by atoms with Crippen molar-refractivity contribution in [3.05, 3.63) is 32.4 Å². The Morgan fingerprint density at radius 2 is 1.97 bits per heavy atom. The standard InChI is InChI=1S/C24H31IO5/c1-12-19(16(27)7-17(29-5)21(12)25)22(28)30-18-10-24(4)15-9-23(2,3)8-13(15)6-14(11-26)20(18)24/h6-7,13,15,18,20,26-27H,8-11H2,1-5H3/t13-,15+,18-,20-,24-/m1/s1. The van der Waals surface area contributed by atoms with Crippen molar-refractivity contribution >= 4 is 28.6 Å². The smallest absolute Gasteiger partial charge is 0.342 e. The first-order valence-corrected chi connectivity index (χ1v) is 11.7. The summed E-state index contributed by atoms with van der Waals surface area (Å²) in [7, 11) is 1.53. The molecule has 5 nitrogen and oxygen atoms in total. The Morgan fingerprint density at radius 3 is 2.60 bits per heavy atom. The lowest BCUT2D eigenvalue weighted by Crippen LogP contribution is -2.59. The fraction of sp³-hybridized carbons (Fsp3) is 0.625. The van der Waals surface area contributed by atoms with Gasteiger partial charge in [-0.3, -0.25) is 0 Å². The third-order valence-corrected chi connectivity index (χ3v) is 9.13. The molecular formula is C24H31IO5. The van der Waals surface area contributed by atoms with Crippen LogP contribution in [-0.4, -0.2) is 36.0 Å². The average molecular weight is 526 g/mol. The summed E-state index contributed by atoms with van der Waals surface area (Å²) >= 11 is 2.11. The third kappa shape index (κ3) is 3.25. The second-order valence-corrected chi connectivity index (χ2v) is 11.4. The predicted octanol–water partition coefficient (Wildman–Crippen LogP) is 4.85. The maximum absolute atomic E-state index is 13.0. The van der Waals surface area contributed by atoms with E-state index >= 15 is 0 Å². The molecule has 30 heavy (non-hydrogen) atoms. The fourth-order valence-corrected chi connectivity index (χ4v) is 7.13. The summed E-state index contributed by atoms with van der Waals surface area (Å²) in [5.41, 5.74) is 2.19. The highest BCUT2D eigenvalue weighted by atomic mass is 127. The second kappa shape index (κ2) is 7.40. The Balaban J connectivity index is 1.59. The van der Waals surface area contributed by atoms with Gasteiger partial charge in [-0.05, 0) is 82.6 Å². The number of methoxy groups -OCH3 is 1. The van der Waals surface area contributed by atoms with Crippen LogP contribution in [0.25, 0.3) is 0 Å². The van der Waals surface area contributed by atoms with Gasteiger partial charge >= 0.3 is 5.97 Å². The highest BCUT2D eigenvalue weighted by Crippen LogP contribution is 2.66. The van der Waals surface area contributed by atoms with Gasteiger partial charge in [-0.25, -0.2) is 4.79 Å². The zero-order valence-electron chi connectivity index (χ0n) is 18.3. The van der Waals surface area contributed by atoms with E-state index in [-0.39, 0.29) is 35.4 Å². The monoisotopic (exact) mass is 526 g/mol. The van der Waals surface area contributed by atoms with Crippen molar-refractivity contribution in [3.8, 4) is 11.5 Å². The van der Waals surface area contributed by atoms with Gasteiger partial charge in [-0.2, -0.15) is 0 Å². The zero-order chi connectivity index (χ0) is 22.0. The number of carbonyl (C=O) groups is 1. The molecule has 4 rings (SSSR count). The number of rotatable bonds is 4. The number of carbonyl (C=O) groups excluding carboxylic acids is 1. The molecule has 0 spiro atoms. The lowest BCUT2D eigenvalue weighted by molar-refractivity contribution is -0.133. The molecule has 0 heterocycles. The van der Waals surface area contributed by atoms with Gasteiger partial charge in [0.05, 0.1) is 17.3 Å². The number of hydrogen-bond acceptors (Lipinski definition) is 5. The lowest BCUT2D eigenvalue weighted by atomic mass is 9.47. The molecular weight excluding hydrogens is 495 g/mol. The van der Waals surface area contributed by atoms with Crippen molar-refractivity contribution in [2.75, 3.05) is 13.7 Å². The topological polar surface area (TPSA) is 76.0 Å². The Labute approximate surface area is 192 Å². The van der Waals surface area contributed by atoms with Crippen LogP contribution < -0.4 is 4.74 Å². The van der Waals surface area contributed by atoms with E-state index in [1.165, 1.54) is 13.2 Å². The molecule has 2 saturated carbocycles. The molecule has 0 unspecified atom stereocenters. The summed E-state index contributed by atoms with van der Waals surface area (Å²) in [6.07, 6.45) is 5.09. The zero-order valence-corrected chi connectivity index (χ0v) is 20.4. The minimum Gasteiger partial charge on any atom is -0.507 e. The van der Waals surface area contributed by atoms with E-state index in [2.05, 4.69) is 49.4 Å². The highest BCUT2D eigenvalue weighted by molar-refractivity contribution is 14.1. The van der Waals surface area contributed by atoms with Crippen LogP contribution in [0.4, 0.5) is 0 Å². The molecule has 5 atom stereocenters. The van der Waals surface area contributed by atoms with E-state index in [1.54, 1.807) is 6.92 Å². The summed E-state index contributed by atoms with van der Waals surface area (Å²) in [5.74, 6) is 0.988. The average Bonchev–Trinajstić information content (AvgIpc) is 2.97. The molecule has 3 aliphatic rings. The summed E-state index contributed by atoms with van der Waals surface area (Å²) < 4.78 is 12.0. The first-order chi connectivity index (χ1) is 14.0. The van der Waals surface area contributed by atoms with E-state index in [0.29, 0.717) is 28.6 Å². The van der Waals surface area contributed by atoms with Crippen LogP contribution in [0.5, 0.6) is 11.5 Å². The summed E-state index contributed by atoms with van der Waals surface area (Å²) in [6.45, 7) is 8.73. The van der Waals surface area contributed by atoms with E-state index in [4.69, 9.17) is 9.47 Å². The van der Waals surface area contributed by atoms with Crippen LogP contribution in [0, 0.1) is 39.1 Å². The van der Waals surface area contributed by atoms with Crippen LogP contribution in [0.1, 0.15) is 56.0 Å². The number of phenols is 1. The van der Waals surface area contributed by atoms with Crippen molar-refractivity contribution in [1.29, 1.82) is 0 Å². The quantitative estimate of drug-likeness (QED) is 0.334. The van der Waals surface area contributed by atoms with Crippen molar-refractivity contribution in [2.24, 2.45) is 28.6 Å². The number of benzene rings is 1. The first-order valence-electron chi connectivity index (χ1n) is 10.6. The van der Waals surface area contributed by atoms with Crippen molar-refractivity contribution < 1.29 is 24.5 Å². The Bertz CT molecular complexity index is 921. The van der Waals surface area contributed by atoms with Gasteiger partial charge in [0.25, 0.3) is 0 Å². The van der Waals surface area contributed by atoms with Gasteiger partial charge in [0.15, 0.2) is 0 Å². The first kappa shape index (κ1) is 21.9. The number of halogens is 1. The highest BCUT2D eigenvalue weighted by Gasteiger charge is 2.63. The molecule has 164 valence electrons. The number of aromatic hydroxyl groups is 1. The summed E-state index contributed by atoms with van der Waals surface area (Å²) in [5, 5.41) is 20.5. The SMILES string of the molecule is COc1cc(O)c(C(=O)O[C@@H]2C[C@@]3(C)[C@@H]2C(CO)=C[C@@H]2CC(C)(C)C[C@@H]23)c(C)c1I. The fourth-order valence-electron chi connectivity index (χ4n) is 6.48. The summed E-state index contributed by atoms with van der Waals surface area (Å²) in [4.78, 5) is 13.0. The molecule has 0 amide bonds. The van der Waals surface area contributed by atoms with E-state index in [0.717, 1.165) is 28.4 Å². The maximum Gasteiger partial charge on any atom is 0.342 e. The van der Waals surface area contributed by atoms with Crippen LogP contribution in [0.2, 0.25) is 0 Å². The van der Waals surface area contributed by atoms with E-state index in [9.17, 15) is 15.0 Å². The summed E-state index contributed by atoms with van der Waals surface area (Å²) in [6, 6.07) is 1.46. The van der Waals surface area contributed by atoms with Gasteiger partial charge in [-0.15, -0.1) is 0 Å². The Hall–Kier alpha value is -1.28. The van der Waals surface area contributed by atoms with Gasteiger partial charge in [-0.1, -0.05) is 26.8 Å². The molecule has 2 fully saturated rings. The van der Waals surface area contributed by atoms with Gasteiger partial charge in [0, 0.05) is 12.0 Å². The van der Waals surface area contributed by atoms with Crippen LogP contribution in [0.15, 0.2) is 17.7 Å². The number of hydrogen-bond donors (Lipinski definition) is 2. The number of aliphatic hydroxyl groups is 1. The number of esters is 1. The molecule has 1 aromatic rings. The van der Waals surface area contributed by atoms with Crippen LogP contribution >= 0.6 is 22.6 Å². The van der Waals surface area contributed by atoms with Gasteiger partial charge in [0.1, 0.15) is 23.2 Å². The molecule has 3 aliphatic carbocycles. The number of ether oxygens (including phenoxy) is 2. The molecule has 0 bridgehead atoms. The minimum absolute atomic E-state index is 0.00265. The van der Waals surface area contributed by atoms with Crippen molar-refractivity contribution in [1.82, 2.24) is 0 Å². The largest absolute Gasteiger partial charge is 0.507 e. The molecule has 0 saturated heterocycles. The number of fused-ring (bicyclic) bond motifs is 3. The third-order valence-electron chi connectivity index (χ3n) is 7.79. The van der Waals surface area contributed by atoms with Crippen molar-refractivity contribution in [3.63, 3.8) is 0 Å². The molecule has 6 heteroatoms. The molecule has 0 aliphatic heterocycles. The normalized spacial score (nSPS) is 33.8. The van der Waals surface area contributed by atoms with Crippen LogP contribution in [-0.2, 0) is 4.74 Å². The van der Waals surface area contributed by atoms with Crippen LogP contribution in [0.3, 0.4) is 0 Å². The minimum atomic E-state index is -0.510. The number of phenolic OH excluding ortho intramolecular Hbond substituents is 1. The predicted molar refractivity (Wildman–Crippen MR) is 123 cm³/mol. The molecule has 0 aromatic heterocycles. The van der Waals surface area contributed by atoms with E-state index < -0.39 is 5.97 Å². The Morgan fingerprint density at radius 1 is 1.27 bits per heavy atom. The molecule has 0 radical (unpaired) electrons. The Kier molecular flexibility index (Phi) is 5.41. The van der Waals surface area contributed by atoms with Crippen molar-refractivity contribution in [2.45, 2.75) is 53.1 Å². The maximum atomic E-state index is 13.0. The van der Waals surface area contributed by atoms with Gasteiger partial charge < -0.3 is 19.7 Å². The molecule has 1 aromatic carbocycles. The number of aliphatic hydroxyl groups excluding tert-OH is 1. The lowest BCUT2D eigenvalue weighted by Gasteiger charge is -2.60. The second-order valence-electron chi connectivity index (χ2n) is 10.3. The molecule has 2 N–H and O–H groups in total. The van der Waals surface area contributed by atoms with E-state index in [1.807, 2.05) is 0 Å². The van der Waals surface area contributed by atoms with Gasteiger partial charge in [0.2, 0.25) is 0 Å². The number of allylic oxidation sites excluding steroid dienone is 1.